The molecule has 1 fully saturated rings. The first-order valence-corrected chi connectivity index (χ1v) is 7.65. The Hall–Kier alpha value is -2.31. The monoisotopic (exact) mass is 321 g/mol. The van der Waals surface area contributed by atoms with Crippen LogP contribution in [-0.2, 0) is 4.74 Å². The predicted molar refractivity (Wildman–Crippen MR) is 84.2 cm³/mol. The summed E-state index contributed by atoms with van der Waals surface area (Å²) in [5.41, 5.74) is 4.84. The van der Waals surface area contributed by atoms with Gasteiger partial charge >= 0.3 is 6.09 Å². The van der Waals surface area contributed by atoms with Crippen molar-refractivity contribution in [2.24, 2.45) is 5.73 Å². The maximum Gasteiger partial charge on any atom is 0.410 e. The van der Waals surface area contributed by atoms with E-state index in [1.165, 1.54) is 6.20 Å². The molecule has 2 rings (SSSR count). The van der Waals surface area contributed by atoms with E-state index in [0.29, 0.717) is 12.3 Å². The third kappa shape index (κ3) is 4.58. The lowest BCUT2D eigenvalue weighted by Gasteiger charge is -2.28. The summed E-state index contributed by atoms with van der Waals surface area (Å²) in [5, 5.41) is 0. The van der Waals surface area contributed by atoms with E-state index in [1.54, 1.807) is 17.0 Å². The van der Waals surface area contributed by atoms with Crippen LogP contribution in [0.5, 0.6) is 5.75 Å². The van der Waals surface area contributed by atoms with Crippen LogP contribution in [0.3, 0.4) is 0 Å². The average Bonchev–Trinajstić information content (AvgIpc) is 2.92. The molecule has 126 valence electrons. The van der Waals surface area contributed by atoms with Crippen LogP contribution in [0.15, 0.2) is 18.3 Å². The second-order valence-electron chi connectivity index (χ2n) is 6.50. The maximum absolute atomic E-state index is 12.2. The summed E-state index contributed by atoms with van der Waals surface area (Å²) in [6.45, 7) is 6.41. The van der Waals surface area contributed by atoms with Gasteiger partial charge in [-0.15, -0.1) is 0 Å². The number of carbonyl (C=O) groups is 2. The topological polar surface area (TPSA) is 94.8 Å². The lowest BCUT2D eigenvalue weighted by Crippen LogP contribution is -2.42. The molecule has 2 heterocycles. The zero-order valence-electron chi connectivity index (χ0n) is 13.7. The molecular weight excluding hydrogens is 298 g/mol. The summed E-state index contributed by atoms with van der Waals surface area (Å²) < 4.78 is 11.1. The van der Waals surface area contributed by atoms with Gasteiger partial charge in [-0.25, -0.2) is 9.78 Å². The minimum atomic E-state index is -0.643. The highest BCUT2D eigenvalue weighted by Crippen LogP contribution is 2.23. The van der Waals surface area contributed by atoms with Gasteiger partial charge in [0.05, 0.1) is 6.04 Å². The number of ether oxygens (including phenoxy) is 2. The Bertz CT molecular complexity index is 583. The first-order valence-electron chi connectivity index (χ1n) is 7.65. The van der Waals surface area contributed by atoms with E-state index in [0.717, 1.165) is 12.8 Å². The molecule has 23 heavy (non-hydrogen) atoms. The van der Waals surface area contributed by atoms with E-state index >= 15 is 0 Å². The van der Waals surface area contributed by atoms with Crippen molar-refractivity contribution in [2.45, 2.75) is 45.3 Å². The van der Waals surface area contributed by atoms with Crippen LogP contribution in [0.25, 0.3) is 0 Å². The van der Waals surface area contributed by atoms with Crippen LogP contribution in [0, 0.1) is 0 Å². The molecular formula is C16H23N3O4. The average molecular weight is 321 g/mol. The standard InChI is InChI=1S/C16H23N3O4/c1-16(2,3)23-15(21)19-9-5-6-11(19)10-22-12-7-4-8-18-13(12)14(17)20/h4,7-8,11H,5-6,9-10H2,1-3H3,(H2,17,20)/t11-/m1/s1. The van der Waals surface area contributed by atoms with Gasteiger partial charge in [0, 0.05) is 12.7 Å². The molecule has 1 saturated heterocycles. The zero-order chi connectivity index (χ0) is 17.0. The number of primary amides is 1. The molecule has 0 aromatic carbocycles. The van der Waals surface area contributed by atoms with Crippen molar-refractivity contribution in [2.75, 3.05) is 13.2 Å². The Morgan fingerprint density at radius 2 is 2.17 bits per heavy atom. The van der Waals surface area contributed by atoms with Crippen molar-refractivity contribution in [1.82, 2.24) is 9.88 Å². The number of nitrogens with zero attached hydrogens (tertiary/aromatic N) is 2. The van der Waals surface area contributed by atoms with Crippen molar-refractivity contribution >= 4 is 12.0 Å². The first kappa shape index (κ1) is 17.1. The molecule has 0 aliphatic carbocycles. The SMILES string of the molecule is CC(C)(C)OC(=O)N1CCC[C@@H]1COc1cccnc1C(N)=O. The lowest BCUT2D eigenvalue weighted by atomic mass is 10.2. The third-order valence-electron chi connectivity index (χ3n) is 3.44. The van der Waals surface area contributed by atoms with Gasteiger partial charge in [-0.3, -0.25) is 4.79 Å². The predicted octanol–water partition coefficient (Wildman–Crippen LogP) is 1.96. The number of likely N-dealkylation sites (tertiary alicyclic amines) is 1. The molecule has 0 radical (unpaired) electrons. The number of aromatic nitrogens is 1. The molecule has 2 amide bonds. The molecule has 0 unspecified atom stereocenters. The number of rotatable bonds is 4. The fourth-order valence-corrected chi connectivity index (χ4v) is 2.45. The molecule has 2 N–H and O–H groups in total. The normalized spacial score (nSPS) is 17.9. The largest absolute Gasteiger partial charge is 0.489 e. The second kappa shape index (κ2) is 6.85. The van der Waals surface area contributed by atoms with Crippen LogP contribution in [0.1, 0.15) is 44.1 Å². The Kier molecular flexibility index (Phi) is 5.08. The lowest BCUT2D eigenvalue weighted by molar-refractivity contribution is 0.0186. The molecule has 0 saturated carbocycles. The number of hydrogen-bond donors (Lipinski definition) is 1. The van der Waals surface area contributed by atoms with Crippen LogP contribution in [0.4, 0.5) is 4.79 Å². The van der Waals surface area contributed by atoms with Gasteiger partial charge in [0.1, 0.15) is 12.2 Å². The molecule has 7 nitrogen and oxygen atoms in total. The molecule has 0 spiro atoms. The maximum atomic E-state index is 12.2. The fourth-order valence-electron chi connectivity index (χ4n) is 2.45. The van der Waals surface area contributed by atoms with Crippen molar-refractivity contribution in [3.8, 4) is 5.75 Å². The van der Waals surface area contributed by atoms with Gasteiger partial charge in [-0.1, -0.05) is 0 Å². The highest BCUT2D eigenvalue weighted by atomic mass is 16.6. The molecule has 1 atom stereocenters. The number of hydrogen-bond acceptors (Lipinski definition) is 5. The van der Waals surface area contributed by atoms with Gasteiger partial charge in [0.2, 0.25) is 0 Å². The highest BCUT2D eigenvalue weighted by Gasteiger charge is 2.32. The molecule has 1 aromatic rings. The van der Waals surface area contributed by atoms with Gasteiger partial charge in [0.25, 0.3) is 5.91 Å². The van der Waals surface area contributed by atoms with Crippen LogP contribution < -0.4 is 10.5 Å². The number of pyridine rings is 1. The Morgan fingerprint density at radius 1 is 1.43 bits per heavy atom. The van der Waals surface area contributed by atoms with Crippen LogP contribution in [-0.4, -0.2) is 46.7 Å². The van der Waals surface area contributed by atoms with Gasteiger partial charge < -0.3 is 20.1 Å². The number of nitrogens with two attached hydrogens (primary N) is 1. The first-order chi connectivity index (χ1) is 10.8. The van der Waals surface area contributed by atoms with Crippen molar-refractivity contribution in [1.29, 1.82) is 0 Å². The summed E-state index contributed by atoms with van der Waals surface area (Å²) in [7, 11) is 0. The molecule has 0 bridgehead atoms. The Labute approximate surface area is 135 Å². The Balaban J connectivity index is 2.00. The fraction of sp³-hybridized carbons (Fsp3) is 0.562. The van der Waals surface area contributed by atoms with E-state index in [9.17, 15) is 9.59 Å². The summed E-state index contributed by atoms with van der Waals surface area (Å²) >= 11 is 0. The van der Waals surface area contributed by atoms with E-state index < -0.39 is 11.5 Å². The van der Waals surface area contributed by atoms with E-state index in [4.69, 9.17) is 15.2 Å². The van der Waals surface area contributed by atoms with Crippen LogP contribution >= 0.6 is 0 Å². The molecule has 1 aliphatic rings. The molecule has 7 heteroatoms. The Morgan fingerprint density at radius 3 is 2.83 bits per heavy atom. The summed E-state index contributed by atoms with van der Waals surface area (Å²) in [6.07, 6.45) is 2.86. The minimum Gasteiger partial charge on any atom is -0.489 e. The van der Waals surface area contributed by atoms with E-state index in [2.05, 4.69) is 4.98 Å². The molecule has 1 aromatic heterocycles. The quantitative estimate of drug-likeness (QED) is 0.914. The van der Waals surface area contributed by atoms with Gasteiger partial charge in [-0.05, 0) is 45.7 Å². The minimum absolute atomic E-state index is 0.0919. The van der Waals surface area contributed by atoms with E-state index in [-0.39, 0.29) is 24.4 Å². The smallest absolute Gasteiger partial charge is 0.410 e. The second-order valence-corrected chi connectivity index (χ2v) is 6.50. The van der Waals surface area contributed by atoms with E-state index in [1.807, 2.05) is 20.8 Å². The van der Waals surface area contributed by atoms with Crippen molar-refractivity contribution in [3.05, 3.63) is 24.0 Å². The summed E-state index contributed by atoms with van der Waals surface area (Å²) in [4.78, 5) is 29.2. The van der Waals surface area contributed by atoms with Crippen molar-refractivity contribution < 1.29 is 19.1 Å². The molecule has 1 aliphatic heterocycles. The third-order valence-corrected chi connectivity index (χ3v) is 3.44. The van der Waals surface area contributed by atoms with Gasteiger partial charge in [0.15, 0.2) is 11.4 Å². The van der Waals surface area contributed by atoms with Gasteiger partial charge in [-0.2, -0.15) is 0 Å². The van der Waals surface area contributed by atoms with Crippen molar-refractivity contribution in [3.63, 3.8) is 0 Å². The highest BCUT2D eigenvalue weighted by molar-refractivity contribution is 5.93. The number of amides is 2. The summed E-state index contributed by atoms with van der Waals surface area (Å²) in [5.74, 6) is -0.313. The zero-order valence-corrected chi connectivity index (χ0v) is 13.7. The summed E-state index contributed by atoms with van der Waals surface area (Å²) in [6, 6.07) is 3.22. The van der Waals surface area contributed by atoms with Crippen LogP contribution in [0.2, 0.25) is 0 Å². The number of carbonyl (C=O) groups excluding carboxylic acids is 2.